The molecule has 0 radical (unpaired) electrons. The second-order valence-corrected chi connectivity index (χ2v) is 9.95. The number of nitrogens with one attached hydrogen (secondary N) is 2. The predicted octanol–water partition coefficient (Wildman–Crippen LogP) is 2.20. The number of benzene rings is 1. The Bertz CT molecular complexity index is 954. The van der Waals surface area contributed by atoms with Gasteiger partial charge in [-0.15, -0.1) is 0 Å². The topological polar surface area (TPSA) is 100 Å². The Hall–Kier alpha value is -2.02. The summed E-state index contributed by atoms with van der Waals surface area (Å²) < 4.78 is 1.84. The van der Waals surface area contributed by atoms with E-state index in [1.54, 1.807) is 6.07 Å². The highest BCUT2D eigenvalue weighted by Gasteiger charge is 2.51. The van der Waals surface area contributed by atoms with E-state index < -0.39 is 29.4 Å². The van der Waals surface area contributed by atoms with Crippen molar-refractivity contribution in [2.45, 2.75) is 69.2 Å². The van der Waals surface area contributed by atoms with Gasteiger partial charge in [-0.1, -0.05) is 51.6 Å². The van der Waals surface area contributed by atoms with Gasteiger partial charge in [0, 0.05) is 36.0 Å². The van der Waals surface area contributed by atoms with Crippen LogP contribution in [0, 0.1) is 0 Å². The van der Waals surface area contributed by atoms with E-state index in [-0.39, 0.29) is 11.9 Å². The van der Waals surface area contributed by atoms with Crippen molar-refractivity contribution < 1.29 is 19.2 Å². The summed E-state index contributed by atoms with van der Waals surface area (Å²) in [7, 11) is 2.57. The molecule has 2 heterocycles. The average molecular weight is 479 g/mol. The normalized spacial score (nSPS) is 25.8. The number of rotatable bonds is 8. The number of halogens is 1. The van der Waals surface area contributed by atoms with Crippen molar-refractivity contribution in [3.05, 3.63) is 34.9 Å². The van der Waals surface area contributed by atoms with E-state index in [4.69, 9.17) is 16.4 Å². The van der Waals surface area contributed by atoms with Crippen LogP contribution in [0.3, 0.4) is 0 Å². The second-order valence-electron chi connectivity index (χ2n) is 8.85. The van der Waals surface area contributed by atoms with Gasteiger partial charge in [-0.05, 0) is 31.4 Å². The largest absolute Gasteiger partial charge is 0.387 e. The number of carbonyl (C=O) groups is 3. The molecule has 1 spiro atoms. The van der Waals surface area contributed by atoms with Crippen LogP contribution in [-0.4, -0.2) is 58.3 Å². The van der Waals surface area contributed by atoms with Gasteiger partial charge in [0.2, 0.25) is 11.7 Å². The first kappa shape index (κ1) is 23.1. The van der Waals surface area contributed by atoms with Crippen molar-refractivity contribution in [2.24, 2.45) is 5.16 Å². The zero-order valence-corrected chi connectivity index (χ0v) is 19.9. The Morgan fingerprint density at radius 1 is 1.38 bits per heavy atom. The van der Waals surface area contributed by atoms with Crippen LogP contribution in [0.2, 0.25) is 5.02 Å². The first-order valence-corrected chi connectivity index (χ1v) is 11.9. The molecule has 2 aliphatic heterocycles. The minimum Gasteiger partial charge on any atom is -0.387 e. The summed E-state index contributed by atoms with van der Waals surface area (Å²) in [6.07, 6.45) is 3.87. The number of amides is 2. The third kappa shape index (κ3) is 5.13. The highest BCUT2D eigenvalue weighted by molar-refractivity contribution is 7.13. The molecule has 4 rings (SSSR count). The van der Waals surface area contributed by atoms with Crippen LogP contribution >= 0.6 is 21.0 Å². The van der Waals surface area contributed by atoms with Crippen LogP contribution in [0.1, 0.15) is 51.0 Å². The van der Waals surface area contributed by atoms with Gasteiger partial charge in [0.15, 0.2) is 5.60 Å². The van der Waals surface area contributed by atoms with E-state index in [2.05, 4.69) is 25.2 Å². The summed E-state index contributed by atoms with van der Waals surface area (Å²) in [6, 6.07) is 6.19. The number of Topliss-reactive ketones (excluding diaryl/α,β-unsaturated/α-hetero) is 1. The van der Waals surface area contributed by atoms with Crippen molar-refractivity contribution in [1.82, 2.24) is 15.3 Å². The van der Waals surface area contributed by atoms with Crippen molar-refractivity contribution in [3.63, 3.8) is 0 Å². The minimum absolute atomic E-state index is 0.0925. The van der Waals surface area contributed by atoms with E-state index >= 15 is 0 Å². The molecule has 1 aromatic carbocycles. The fourth-order valence-electron chi connectivity index (χ4n) is 4.23. The Morgan fingerprint density at radius 3 is 2.84 bits per heavy atom. The second kappa shape index (κ2) is 9.46. The predicted molar refractivity (Wildman–Crippen MR) is 124 cm³/mol. The van der Waals surface area contributed by atoms with Gasteiger partial charge < -0.3 is 15.5 Å². The molecule has 8 nitrogen and oxygen atoms in total. The third-order valence-electron chi connectivity index (χ3n) is 6.08. The maximum absolute atomic E-state index is 13.1. The molecular weight excluding hydrogens is 451 g/mol. The highest BCUT2D eigenvalue weighted by Crippen LogP contribution is 2.40. The van der Waals surface area contributed by atoms with Crippen molar-refractivity contribution in [1.29, 1.82) is 0 Å². The van der Waals surface area contributed by atoms with E-state index in [0.29, 0.717) is 37.3 Å². The maximum atomic E-state index is 13.1. The number of oxime groups is 1. The smallest absolute Gasteiger partial charge is 0.289 e. The van der Waals surface area contributed by atoms with Crippen LogP contribution in [0.5, 0.6) is 0 Å². The zero-order chi connectivity index (χ0) is 22.9. The Kier molecular flexibility index (Phi) is 6.84. The molecule has 172 valence electrons. The summed E-state index contributed by atoms with van der Waals surface area (Å²) in [5.41, 5.74) is 1.07. The van der Waals surface area contributed by atoms with E-state index in [1.807, 2.05) is 29.8 Å². The van der Waals surface area contributed by atoms with Gasteiger partial charge in [-0.2, -0.15) is 0 Å². The molecule has 1 aliphatic carbocycles. The lowest BCUT2D eigenvalue weighted by Gasteiger charge is -2.22. The molecule has 0 aromatic heterocycles. The third-order valence-corrected chi connectivity index (χ3v) is 6.86. The number of hydrogen-bond donors (Lipinski definition) is 2. The van der Waals surface area contributed by atoms with Gasteiger partial charge in [0.05, 0.1) is 17.8 Å². The van der Waals surface area contributed by atoms with Crippen molar-refractivity contribution in [2.75, 3.05) is 6.54 Å². The lowest BCUT2D eigenvalue weighted by Crippen LogP contribution is -2.51. The molecule has 1 saturated heterocycles. The van der Waals surface area contributed by atoms with Crippen molar-refractivity contribution >= 4 is 44.3 Å². The van der Waals surface area contributed by atoms with Crippen LogP contribution in [0.15, 0.2) is 29.4 Å². The van der Waals surface area contributed by atoms with E-state index in [0.717, 1.165) is 24.1 Å². The Labute approximate surface area is 194 Å². The van der Waals surface area contributed by atoms with Gasteiger partial charge in [0.25, 0.3) is 5.91 Å². The summed E-state index contributed by atoms with van der Waals surface area (Å²) in [5.74, 6) is -1.49. The number of hydrogen-bond acceptors (Lipinski definition) is 6. The van der Waals surface area contributed by atoms with Gasteiger partial charge in [-0.25, -0.2) is 0 Å². The van der Waals surface area contributed by atoms with Crippen LogP contribution in [-0.2, 0) is 19.2 Å². The first-order valence-electron chi connectivity index (χ1n) is 11.0. The fourth-order valence-corrected chi connectivity index (χ4v) is 4.99. The van der Waals surface area contributed by atoms with Crippen LogP contribution in [0.25, 0.3) is 0 Å². The SMILES string of the molecule is CCCC(NC(=O)C1CC2(CC(c3cccc(Cl)c3)=NO2)CN1P)C(=O)C(=O)NC1CC1. The standard InChI is InChI=1S/C22H28ClN4O4P/c1-2-4-16(19(28)21(30)24-15-7-8-15)25-20(29)18-11-22(12-27(18)32)10-17(26-31-22)13-5-3-6-14(23)9-13/h3,5-6,9,15-16,18H,2,4,7-8,10-12,32H2,1H3,(H,24,30)(H,25,29). The molecule has 2 amide bonds. The summed E-state index contributed by atoms with van der Waals surface area (Å²) >= 11 is 6.10. The molecule has 4 unspecified atom stereocenters. The number of carbonyl (C=O) groups excluding carboxylic acids is 3. The number of ketones is 1. The lowest BCUT2D eigenvalue weighted by molar-refractivity contribution is -0.140. The molecular formula is C22H28ClN4O4P. The maximum Gasteiger partial charge on any atom is 0.289 e. The average Bonchev–Trinajstić information content (AvgIpc) is 3.38. The molecule has 2 fully saturated rings. The fraction of sp³-hybridized carbons (Fsp3) is 0.545. The van der Waals surface area contributed by atoms with Gasteiger partial charge in [-0.3, -0.25) is 19.1 Å². The molecule has 1 saturated carbocycles. The van der Waals surface area contributed by atoms with Crippen molar-refractivity contribution in [3.8, 4) is 0 Å². The number of nitrogens with zero attached hydrogens (tertiary/aromatic N) is 2. The summed E-state index contributed by atoms with van der Waals surface area (Å²) in [6.45, 7) is 2.41. The molecule has 1 aromatic rings. The molecule has 10 heteroatoms. The molecule has 4 atom stereocenters. The lowest BCUT2D eigenvalue weighted by atomic mass is 9.91. The monoisotopic (exact) mass is 478 g/mol. The molecule has 3 aliphatic rings. The first-order chi connectivity index (χ1) is 15.3. The zero-order valence-electron chi connectivity index (χ0n) is 18.0. The molecule has 0 bridgehead atoms. The van der Waals surface area contributed by atoms with Crippen LogP contribution in [0.4, 0.5) is 0 Å². The summed E-state index contributed by atoms with van der Waals surface area (Å²) in [5, 5.41) is 10.4. The highest BCUT2D eigenvalue weighted by atomic mass is 35.5. The van der Waals surface area contributed by atoms with Gasteiger partial charge >= 0.3 is 0 Å². The van der Waals surface area contributed by atoms with Crippen LogP contribution < -0.4 is 10.6 Å². The molecule has 32 heavy (non-hydrogen) atoms. The Morgan fingerprint density at radius 2 is 2.16 bits per heavy atom. The minimum atomic E-state index is -0.830. The quantitative estimate of drug-likeness (QED) is 0.441. The van der Waals surface area contributed by atoms with E-state index in [1.165, 1.54) is 0 Å². The summed E-state index contributed by atoms with van der Waals surface area (Å²) in [4.78, 5) is 43.7. The molecule has 2 N–H and O–H groups in total. The van der Waals surface area contributed by atoms with E-state index in [9.17, 15) is 14.4 Å². The Balaban J connectivity index is 1.38. The van der Waals surface area contributed by atoms with Gasteiger partial charge in [0.1, 0.15) is 0 Å².